The molecule has 8 heteroatoms. The van der Waals surface area contributed by atoms with Gasteiger partial charge < -0.3 is 10.6 Å². The van der Waals surface area contributed by atoms with Crippen LogP contribution in [0.25, 0.3) is 0 Å². The maximum atomic E-state index is 12.0. The molecule has 2 amide bonds. The van der Waals surface area contributed by atoms with Crippen molar-refractivity contribution in [2.75, 3.05) is 12.8 Å². The second kappa shape index (κ2) is 9.01. The molecule has 0 heterocycles. The highest BCUT2D eigenvalue weighted by Crippen LogP contribution is 2.16. The topological polar surface area (TPSA) is 92.3 Å². The SMILES string of the molecule is C[C@@H](NC(=O)CCNC(=O)c1ccc(Cl)cc1)c1ccc(S(C)(=O)=O)cc1. The van der Waals surface area contributed by atoms with Crippen molar-refractivity contribution in [1.29, 1.82) is 0 Å². The number of rotatable bonds is 7. The predicted octanol–water partition coefficient (Wildman–Crippen LogP) is 2.74. The minimum atomic E-state index is -3.25. The maximum absolute atomic E-state index is 12.0. The molecule has 2 N–H and O–H groups in total. The summed E-state index contributed by atoms with van der Waals surface area (Å²) in [5.74, 6) is -0.491. The summed E-state index contributed by atoms with van der Waals surface area (Å²) in [5, 5.41) is 6.04. The van der Waals surface area contributed by atoms with Crippen molar-refractivity contribution >= 4 is 33.3 Å². The lowest BCUT2D eigenvalue weighted by atomic mass is 10.1. The zero-order valence-electron chi connectivity index (χ0n) is 15.0. The van der Waals surface area contributed by atoms with Gasteiger partial charge in [-0.3, -0.25) is 9.59 Å². The quantitative estimate of drug-likeness (QED) is 0.736. The number of carbonyl (C=O) groups is 2. The van der Waals surface area contributed by atoms with Crippen LogP contribution in [0.2, 0.25) is 5.02 Å². The van der Waals surface area contributed by atoms with E-state index in [1.54, 1.807) is 43.3 Å². The molecule has 144 valence electrons. The van der Waals surface area contributed by atoms with Crippen LogP contribution in [0.5, 0.6) is 0 Å². The molecule has 0 aromatic heterocycles. The zero-order chi connectivity index (χ0) is 20.0. The summed E-state index contributed by atoms with van der Waals surface area (Å²) in [6.07, 6.45) is 1.27. The van der Waals surface area contributed by atoms with E-state index in [-0.39, 0.29) is 35.7 Å². The standard InChI is InChI=1S/C19H21ClN2O4S/c1-13(14-5-9-17(10-6-14)27(2,25)26)22-18(23)11-12-21-19(24)15-3-7-16(20)8-4-15/h3-10,13H,11-12H2,1-2H3,(H,21,24)(H,22,23)/t13-/m1/s1. The Balaban J connectivity index is 1.81. The predicted molar refractivity (Wildman–Crippen MR) is 105 cm³/mol. The number of hydrogen-bond donors (Lipinski definition) is 2. The molecule has 0 spiro atoms. The van der Waals surface area contributed by atoms with Crippen LogP contribution in [0.4, 0.5) is 0 Å². The second-order valence-corrected chi connectivity index (χ2v) is 8.60. The summed E-state index contributed by atoms with van der Waals surface area (Å²) < 4.78 is 22.9. The van der Waals surface area contributed by atoms with Gasteiger partial charge in [-0.2, -0.15) is 0 Å². The molecule has 0 unspecified atom stereocenters. The smallest absolute Gasteiger partial charge is 0.251 e. The number of halogens is 1. The fourth-order valence-electron chi connectivity index (χ4n) is 2.39. The molecule has 2 aromatic carbocycles. The van der Waals surface area contributed by atoms with Crippen molar-refractivity contribution in [3.05, 3.63) is 64.7 Å². The minimum Gasteiger partial charge on any atom is -0.352 e. The lowest BCUT2D eigenvalue weighted by Gasteiger charge is -2.15. The maximum Gasteiger partial charge on any atom is 0.251 e. The average Bonchev–Trinajstić information content (AvgIpc) is 2.61. The van der Waals surface area contributed by atoms with Crippen molar-refractivity contribution in [1.82, 2.24) is 10.6 Å². The lowest BCUT2D eigenvalue weighted by Crippen LogP contribution is -2.32. The largest absolute Gasteiger partial charge is 0.352 e. The molecule has 6 nitrogen and oxygen atoms in total. The van der Waals surface area contributed by atoms with Crippen molar-refractivity contribution in [2.24, 2.45) is 0 Å². The average molecular weight is 409 g/mol. The van der Waals surface area contributed by atoms with E-state index in [1.165, 1.54) is 12.1 Å². The molecule has 1 atom stereocenters. The van der Waals surface area contributed by atoms with Gasteiger partial charge in [-0.15, -0.1) is 0 Å². The highest BCUT2D eigenvalue weighted by atomic mass is 35.5. The molecule has 0 bridgehead atoms. The summed E-state index contributed by atoms with van der Waals surface area (Å²) >= 11 is 5.78. The molecular formula is C19H21ClN2O4S. The van der Waals surface area contributed by atoms with Crippen LogP contribution in [-0.2, 0) is 14.6 Å². The van der Waals surface area contributed by atoms with Gasteiger partial charge >= 0.3 is 0 Å². The lowest BCUT2D eigenvalue weighted by molar-refractivity contribution is -0.121. The number of hydrogen-bond acceptors (Lipinski definition) is 4. The van der Waals surface area contributed by atoms with Gasteiger partial charge in [0.2, 0.25) is 5.91 Å². The monoisotopic (exact) mass is 408 g/mol. The number of nitrogens with one attached hydrogen (secondary N) is 2. The molecule has 0 radical (unpaired) electrons. The van der Waals surface area contributed by atoms with Crippen molar-refractivity contribution in [2.45, 2.75) is 24.3 Å². The fraction of sp³-hybridized carbons (Fsp3) is 0.263. The fourth-order valence-corrected chi connectivity index (χ4v) is 3.15. The first-order chi connectivity index (χ1) is 12.7. The summed E-state index contributed by atoms with van der Waals surface area (Å²) in [5.41, 5.74) is 1.26. The van der Waals surface area contributed by atoms with E-state index in [0.29, 0.717) is 10.6 Å². The Morgan fingerprint density at radius 3 is 2.19 bits per heavy atom. The molecule has 0 aliphatic heterocycles. The molecule has 0 saturated carbocycles. The minimum absolute atomic E-state index is 0.130. The van der Waals surface area contributed by atoms with Crippen LogP contribution in [0.3, 0.4) is 0 Å². The second-order valence-electron chi connectivity index (χ2n) is 6.14. The first-order valence-corrected chi connectivity index (χ1v) is 10.6. The molecule has 0 saturated heterocycles. The summed E-state index contributed by atoms with van der Waals surface area (Å²) in [6, 6.07) is 12.6. The van der Waals surface area contributed by atoms with Gasteiger partial charge in [-0.25, -0.2) is 8.42 Å². The summed E-state index contributed by atoms with van der Waals surface area (Å²) in [4.78, 5) is 24.2. The summed E-state index contributed by atoms with van der Waals surface area (Å²) in [7, 11) is -3.25. The normalized spacial score (nSPS) is 12.3. The Hall–Kier alpha value is -2.38. The van der Waals surface area contributed by atoms with Crippen LogP contribution < -0.4 is 10.6 Å². The van der Waals surface area contributed by atoms with E-state index in [9.17, 15) is 18.0 Å². The molecule has 2 aromatic rings. The van der Waals surface area contributed by atoms with Crippen LogP contribution in [0, 0.1) is 0 Å². The Morgan fingerprint density at radius 1 is 1.04 bits per heavy atom. The van der Waals surface area contributed by atoms with E-state index in [1.807, 2.05) is 0 Å². The number of sulfone groups is 1. The first-order valence-electron chi connectivity index (χ1n) is 8.30. The van der Waals surface area contributed by atoms with Gasteiger partial charge in [0, 0.05) is 29.8 Å². The van der Waals surface area contributed by atoms with Gasteiger partial charge in [0.15, 0.2) is 9.84 Å². The Kier molecular flexibility index (Phi) is 6.98. The van der Waals surface area contributed by atoms with E-state index in [2.05, 4.69) is 10.6 Å². The third kappa shape index (κ3) is 6.37. The van der Waals surface area contributed by atoms with E-state index in [4.69, 9.17) is 11.6 Å². The Morgan fingerprint density at radius 2 is 1.63 bits per heavy atom. The van der Waals surface area contributed by atoms with E-state index < -0.39 is 9.84 Å². The van der Waals surface area contributed by atoms with Crippen LogP contribution >= 0.6 is 11.6 Å². The number of carbonyl (C=O) groups excluding carboxylic acids is 2. The van der Waals surface area contributed by atoms with Crippen molar-refractivity contribution in [3.63, 3.8) is 0 Å². The molecule has 0 fully saturated rings. The van der Waals surface area contributed by atoms with Crippen LogP contribution in [0.1, 0.15) is 35.3 Å². The third-order valence-corrected chi connectivity index (χ3v) is 5.31. The molecule has 27 heavy (non-hydrogen) atoms. The molecular weight excluding hydrogens is 388 g/mol. The third-order valence-electron chi connectivity index (χ3n) is 3.93. The van der Waals surface area contributed by atoms with Gasteiger partial charge in [0.1, 0.15) is 0 Å². The van der Waals surface area contributed by atoms with Crippen molar-refractivity contribution < 1.29 is 18.0 Å². The van der Waals surface area contributed by atoms with Crippen molar-refractivity contribution in [3.8, 4) is 0 Å². The highest BCUT2D eigenvalue weighted by molar-refractivity contribution is 7.90. The Labute approximate surface area is 163 Å². The molecule has 2 rings (SSSR count). The summed E-state index contributed by atoms with van der Waals surface area (Å²) in [6.45, 7) is 2.01. The van der Waals surface area contributed by atoms with Gasteiger partial charge in [0.05, 0.1) is 10.9 Å². The van der Waals surface area contributed by atoms with Gasteiger partial charge in [0.25, 0.3) is 5.91 Å². The van der Waals surface area contributed by atoms with Crippen LogP contribution in [-0.4, -0.2) is 33.0 Å². The molecule has 0 aliphatic carbocycles. The first kappa shape index (κ1) is 20.9. The number of amides is 2. The molecule has 0 aliphatic rings. The zero-order valence-corrected chi connectivity index (χ0v) is 16.6. The van der Waals surface area contributed by atoms with E-state index in [0.717, 1.165) is 11.8 Å². The number of benzene rings is 2. The Bertz CT molecular complexity index is 910. The van der Waals surface area contributed by atoms with Gasteiger partial charge in [-0.1, -0.05) is 23.7 Å². The highest BCUT2D eigenvalue weighted by Gasteiger charge is 2.12. The van der Waals surface area contributed by atoms with E-state index >= 15 is 0 Å². The van der Waals surface area contributed by atoms with Gasteiger partial charge in [-0.05, 0) is 48.9 Å². The van der Waals surface area contributed by atoms with Crippen LogP contribution in [0.15, 0.2) is 53.4 Å².